The van der Waals surface area contributed by atoms with Gasteiger partial charge in [-0.3, -0.25) is 4.79 Å². The molecule has 0 bridgehead atoms. The fourth-order valence-corrected chi connectivity index (χ4v) is 2.25. The van der Waals surface area contributed by atoms with Crippen LogP contribution < -0.4 is 5.32 Å². The van der Waals surface area contributed by atoms with E-state index in [2.05, 4.69) is 21.2 Å². The number of phenolic OH excluding ortho intramolecular Hbond substituents is 1. The lowest BCUT2D eigenvalue weighted by molar-refractivity contribution is 0.0953. The van der Waals surface area contributed by atoms with Gasteiger partial charge in [-0.25, -0.2) is 4.39 Å². The molecule has 0 fully saturated rings. The number of phenols is 1. The molecule has 0 spiro atoms. The van der Waals surface area contributed by atoms with Gasteiger partial charge in [0.25, 0.3) is 5.91 Å². The van der Waals surface area contributed by atoms with E-state index in [-0.39, 0.29) is 17.5 Å². The monoisotopic (exact) mass is 351 g/mol. The van der Waals surface area contributed by atoms with Crippen LogP contribution in [-0.2, 0) is 6.42 Å². The Labute approximate surface area is 130 Å². The number of aryl methyl sites for hydroxylation is 1. The Bertz CT molecular complexity index is 673. The van der Waals surface area contributed by atoms with Gasteiger partial charge in [0, 0.05) is 12.1 Å². The molecule has 0 radical (unpaired) electrons. The number of amides is 1. The van der Waals surface area contributed by atoms with Gasteiger partial charge in [0.1, 0.15) is 11.6 Å². The van der Waals surface area contributed by atoms with E-state index < -0.39 is 0 Å². The summed E-state index contributed by atoms with van der Waals surface area (Å²) in [6.07, 6.45) is 0.625. The number of hydrogen-bond acceptors (Lipinski definition) is 2. The second kappa shape index (κ2) is 6.72. The van der Waals surface area contributed by atoms with E-state index in [1.165, 1.54) is 18.2 Å². The molecule has 110 valence electrons. The number of hydrogen-bond donors (Lipinski definition) is 2. The predicted octanol–water partition coefficient (Wildman–Crippen LogP) is 3.57. The molecule has 0 saturated carbocycles. The Morgan fingerprint density at radius 3 is 2.71 bits per heavy atom. The van der Waals surface area contributed by atoms with Crippen molar-refractivity contribution >= 4 is 21.8 Å². The van der Waals surface area contributed by atoms with E-state index in [0.29, 0.717) is 23.0 Å². The molecular weight excluding hydrogens is 337 g/mol. The van der Waals surface area contributed by atoms with Crippen molar-refractivity contribution in [2.45, 2.75) is 13.3 Å². The Morgan fingerprint density at radius 2 is 2.05 bits per heavy atom. The topological polar surface area (TPSA) is 49.3 Å². The highest BCUT2D eigenvalue weighted by atomic mass is 79.9. The maximum Gasteiger partial charge on any atom is 0.251 e. The SMILES string of the molecule is Cc1cc(F)ccc1CCNC(=O)c1ccc(Br)c(O)c1. The largest absolute Gasteiger partial charge is 0.507 e. The van der Waals surface area contributed by atoms with Gasteiger partial charge in [0.2, 0.25) is 0 Å². The summed E-state index contributed by atoms with van der Waals surface area (Å²) >= 11 is 3.16. The van der Waals surface area contributed by atoms with E-state index in [0.717, 1.165) is 11.1 Å². The zero-order chi connectivity index (χ0) is 15.4. The number of benzene rings is 2. The summed E-state index contributed by atoms with van der Waals surface area (Å²) in [5.41, 5.74) is 2.26. The third-order valence-electron chi connectivity index (χ3n) is 3.19. The lowest BCUT2D eigenvalue weighted by Gasteiger charge is -2.08. The first kappa shape index (κ1) is 15.5. The fraction of sp³-hybridized carbons (Fsp3) is 0.188. The van der Waals surface area contributed by atoms with Crippen LogP contribution in [0.5, 0.6) is 5.75 Å². The molecule has 2 aromatic rings. The Morgan fingerprint density at radius 1 is 1.29 bits per heavy atom. The number of aromatic hydroxyl groups is 1. The number of rotatable bonds is 4. The van der Waals surface area contributed by atoms with E-state index in [9.17, 15) is 14.3 Å². The highest BCUT2D eigenvalue weighted by molar-refractivity contribution is 9.10. The molecule has 0 unspecified atom stereocenters. The Hall–Kier alpha value is -1.88. The van der Waals surface area contributed by atoms with Crippen LogP contribution in [0.4, 0.5) is 4.39 Å². The summed E-state index contributed by atoms with van der Waals surface area (Å²) in [6.45, 7) is 2.29. The van der Waals surface area contributed by atoms with Crippen LogP contribution in [0, 0.1) is 12.7 Å². The molecule has 5 heteroatoms. The molecule has 0 saturated heterocycles. The first-order valence-corrected chi connectivity index (χ1v) is 7.28. The van der Waals surface area contributed by atoms with Gasteiger partial charge in [0.15, 0.2) is 0 Å². The van der Waals surface area contributed by atoms with E-state index in [4.69, 9.17) is 0 Å². The van der Waals surface area contributed by atoms with Gasteiger partial charge in [0.05, 0.1) is 4.47 Å². The van der Waals surface area contributed by atoms with Gasteiger partial charge in [-0.15, -0.1) is 0 Å². The maximum absolute atomic E-state index is 13.0. The maximum atomic E-state index is 13.0. The minimum atomic E-state index is -0.259. The fourth-order valence-electron chi connectivity index (χ4n) is 2.01. The molecule has 0 aromatic heterocycles. The lowest BCUT2D eigenvalue weighted by atomic mass is 10.1. The molecular formula is C16H15BrFNO2. The van der Waals surface area contributed by atoms with E-state index in [1.807, 2.05) is 6.92 Å². The van der Waals surface area contributed by atoms with Gasteiger partial charge >= 0.3 is 0 Å². The van der Waals surface area contributed by atoms with Crippen LogP contribution in [0.2, 0.25) is 0 Å². The van der Waals surface area contributed by atoms with Crippen molar-refractivity contribution < 1.29 is 14.3 Å². The quantitative estimate of drug-likeness (QED) is 0.884. The predicted molar refractivity (Wildman–Crippen MR) is 83.0 cm³/mol. The Balaban J connectivity index is 1.93. The smallest absolute Gasteiger partial charge is 0.251 e. The van der Waals surface area contributed by atoms with Gasteiger partial charge < -0.3 is 10.4 Å². The minimum absolute atomic E-state index is 0.0250. The highest BCUT2D eigenvalue weighted by Crippen LogP contribution is 2.24. The third-order valence-corrected chi connectivity index (χ3v) is 3.86. The molecule has 0 aliphatic carbocycles. The molecule has 3 nitrogen and oxygen atoms in total. The van der Waals surface area contributed by atoms with Crippen LogP contribution in [0.25, 0.3) is 0 Å². The van der Waals surface area contributed by atoms with Crippen LogP contribution in [0.3, 0.4) is 0 Å². The summed E-state index contributed by atoms with van der Waals surface area (Å²) in [4.78, 5) is 11.9. The number of halogens is 2. The average Bonchev–Trinajstić information content (AvgIpc) is 2.44. The molecule has 21 heavy (non-hydrogen) atoms. The molecule has 2 aromatic carbocycles. The van der Waals surface area contributed by atoms with Gasteiger partial charge in [-0.2, -0.15) is 0 Å². The molecule has 2 N–H and O–H groups in total. The number of carbonyl (C=O) groups is 1. The summed E-state index contributed by atoms with van der Waals surface area (Å²) in [7, 11) is 0. The van der Waals surface area contributed by atoms with Crippen molar-refractivity contribution in [2.24, 2.45) is 0 Å². The van der Waals surface area contributed by atoms with Crippen molar-refractivity contribution in [3.63, 3.8) is 0 Å². The molecule has 2 rings (SSSR count). The molecule has 0 aliphatic heterocycles. The van der Waals surface area contributed by atoms with Crippen molar-refractivity contribution in [2.75, 3.05) is 6.54 Å². The Kier molecular flexibility index (Phi) is 4.96. The standard InChI is InChI=1S/C16H15BrFNO2/c1-10-8-13(18)4-2-11(10)6-7-19-16(21)12-3-5-14(17)15(20)9-12/h2-5,8-9,20H,6-7H2,1H3,(H,19,21). The van der Waals surface area contributed by atoms with Gasteiger partial charge in [-0.1, -0.05) is 6.07 Å². The third kappa shape index (κ3) is 4.04. The van der Waals surface area contributed by atoms with Crippen LogP contribution >= 0.6 is 15.9 Å². The molecule has 1 amide bonds. The highest BCUT2D eigenvalue weighted by Gasteiger charge is 2.08. The van der Waals surface area contributed by atoms with Crippen molar-refractivity contribution in [3.05, 3.63) is 63.4 Å². The van der Waals surface area contributed by atoms with Crippen LogP contribution in [0.1, 0.15) is 21.5 Å². The van der Waals surface area contributed by atoms with Crippen molar-refractivity contribution in [1.29, 1.82) is 0 Å². The lowest BCUT2D eigenvalue weighted by Crippen LogP contribution is -2.25. The van der Waals surface area contributed by atoms with Crippen LogP contribution in [-0.4, -0.2) is 17.6 Å². The normalized spacial score (nSPS) is 10.4. The minimum Gasteiger partial charge on any atom is -0.507 e. The summed E-state index contributed by atoms with van der Waals surface area (Å²) in [5, 5.41) is 12.3. The van der Waals surface area contributed by atoms with E-state index >= 15 is 0 Å². The first-order chi connectivity index (χ1) is 9.97. The first-order valence-electron chi connectivity index (χ1n) is 6.49. The average molecular weight is 352 g/mol. The number of nitrogens with one attached hydrogen (secondary N) is 1. The molecule has 0 atom stereocenters. The van der Waals surface area contributed by atoms with Gasteiger partial charge in [-0.05, 0) is 70.7 Å². The number of carbonyl (C=O) groups excluding carboxylic acids is 1. The summed E-state index contributed by atoms with van der Waals surface area (Å²) in [6, 6.07) is 9.27. The summed E-state index contributed by atoms with van der Waals surface area (Å²) < 4.78 is 13.5. The summed E-state index contributed by atoms with van der Waals surface area (Å²) in [5.74, 6) is -0.486. The van der Waals surface area contributed by atoms with Crippen LogP contribution in [0.15, 0.2) is 40.9 Å². The second-order valence-corrected chi connectivity index (χ2v) is 5.60. The van der Waals surface area contributed by atoms with E-state index in [1.54, 1.807) is 18.2 Å². The molecule has 0 aliphatic rings. The zero-order valence-electron chi connectivity index (χ0n) is 11.5. The molecule has 0 heterocycles. The van der Waals surface area contributed by atoms with Crippen molar-refractivity contribution in [1.82, 2.24) is 5.32 Å². The second-order valence-electron chi connectivity index (χ2n) is 4.74. The zero-order valence-corrected chi connectivity index (χ0v) is 13.1. The van der Waals surface area contributed by atoms with Crippen molar-refractivity contribution in [3.8, 4) is 5.75 Å².